The van der Waals surface area contributed by atoms with Gasteiger partial charge in [-0.3, -0.25) is 0 Å². The summed E-state index contributed by atoms with van der Waals surface area (Å²) in [7, 11) is 0. The minimum atomic E-state index is -0.951. The van der Waals surface area contributed by atoms with Crippen LogP contribution < -0.4 is 0 Å². The summed E-state index contributed by atoms with van der Waals surface area (Å²) in [6.45, 7) is 6.06. The van der Waals surface area contributed by atoms with Crippen LogP contribution in [0.5, 0.6) is 0 Å². The number of oxime groups is 1. The summed E-state index contributed by atoms with van der Waals surface area (Å²) < 4.78 is 0. The standard InChI is InChI=1S/C21H33NO4/c1-12(22-26)15-7-9-21(25)16-5-4-13-10-14(23)6-8-19(13,2)17(16)11-18(24)20(15,21)3/h4,14-18,23-26H,5-11H2,1-3H3/b22-12+/t14-,15-,16+,17+,18+,19-,20-,21-/m0/s1. The Bertz CT molecular complexity index is 660. The SMILES string of the molecule is C/C(=N\O)[C@@H]1CC[C@]2(O)[C@@H]3CC=C4C[C@@H](O)CC[C@]4(C)[C@@H]3C[C@@H](O)[C@]12C. The van der Waals surface area contributed by atoms with E-state index in [1.807, 2.05) is 6.92 Å². The van der Waals surface area contributed by atoms with Crippen molar-refractivity contribution in [2.24, 2.45) is 33.7 Å². The van der Waals surface area contributed by atoms with Gasteiger partial charge in [0.05, 0.1) is 23.5 Å². The second-order valence-electron chi connectivity index (χ2n) is 9.78. The van der Waals surface area contributed by atoms with Crippen LogP contribution in [0.25, 0.3) is 0 Å². The van der Waals surface area contributed by atoms with Gasteiger partial charge in [0.15, 0.2) is 0 Å². The van der Waals surface area contributed by atoms with E-state index in [1.165, 1.54) is 5.57 Å². The van der Waals surface area contributed by atoms with E-state index < -0.39 is 17.1 Å². The first-order chi connectivity index (χ1) is 12.2. The van der Waals surface area contributed by atoms with Crippen LogP contribution in [0.4, 0.5) is 0 Å². The number of nitrogens with zero attached hydrogens (tertiary/aromatic N) is 1. The number of rotatable bonds is 1. The van der Waals surface area contributed by atoms with E-state index >= 15 is 0 Å². The van der Waals surface area contributed by atoms with Gasteiger partial charge in [-0.2, -0.15) is 0 Å². The summed E-state index contributed by atoms with van der Waals surface area (Å²) in [5.74, 6) is 0.240. The van der Waals surface area contributed by atoms with Gasteiger partial charge in [0, 0.05) is 11.3 Å². The molecule has 0 aromatic rings. The largest absolute Gasteiger partial charge is 0.411 e. The summed E-state index contributed by atoms with van der Waals surface area (Å²) in [5.41, 5.74) is 0.255. The molecule has 0 radical (unpaired) electrons. The normalized spacial score (nSPS) is 54.2. The van der Waals surface area contributed by atoms with E-state index in [-0.39, 0.29) is 29.3 Å². The lowest BCUT2D eigenvalue weighted by Crippen LogP contribution is -2.66. The van der Waals surface area contributed by atoms with E-state index in [0.717, 1.165) is 32.1 Å². The zero-order valence-electron chi connectivity index (χ0n) is 16.1. The molecule has 0 aromatic carbocycles. The lowest BCUT2D eigenvalue weighted by atomic mass is 9.45. The van der Waals surface area contributed by atoms with Gasteiger partial charge in [-0.05, 0) is 69.1 Å². The molecule has 26 heavy (non-hydrogen) atoms. The van der Waals surface area contributed by atoms with Gasteiger partial charge < -0.3 is 20.5 Å². The van der Waals surface area contributed by atoms with E-state index in [4.69, 9.17) is 0 Å². The predicted molar refractivity (Wildman–Crippen MR) is 98.9 cm³/mol. The quantitative estimate of drug-likeness (QED) is 0.249. The summed E-state index contributed by atoms with van der Waals surface area (Å²) >= 11 is 0. The number of aliphatic hydroxyl groups is 3. The summed E-state index contributed by atoms with van der Waals surface area (Å²) in [6, 6.07) is 0. The van der Waals surface area contributed by atoms with Crippen LogP contribution in [-0.4, -0.2) is 44.0 Å². The molecule has 0 saturated heterocycles. The first-order valence-corrected chi connectivity index (χ1v) is 10.1. The Kier molecular flexibility index (Phi) is 4.11. The monoisotopic (exact) mass is 363 g/mol. The van der Waals surface area contributed by atoms with Crippen molar-refractivity contribution in [3.8, 4) is 0 Å². The third-order valence-corrected chi connectivity index (χ3v) is 9.02. The molecule has 5 heteroatoms. The van der Waals surface area contributed by atoms with Crippen LogP contribution in [0.15, 0.2) is 16.8 Å². The first kappa shape index (κ1) is 18.5. The van der Waals surface area contributed by atoms with Crippen molar-refractivity contribution in [2.45, 2.75) is 83.5 Å². The molecule has 0 heterocycles. The Balaban J connectivity index is 1.77. The Morgan fingerprint density at radius 3 is 2.58 bits per heavy atom. The zero-order chi connectivity index (χ0) is 18.9. The second kappa shape index (κ2) is 5.79. The molecule has 3 saturated carbocycles. The maximum Gasteiger partial charge on any atom is 0.0766 e. The molecule has 4 aliphatic rings. The molecule has 4 rings (SSSR count). The summed E-state index contributed by atoms with van der Waals surface area (Å²) in [6.07, 6.45) is 6.68. The van der Waals surface area contributed by atoms with Crippen molar-refractivity contribution >= 4 is 5.71 Å². The Morgan fingerprint density at radius 1 is 1.15 bits per heavy atom. The number of hydrogen-bond donors (Lipinski definition) is 4. The van der Waals surface area contributed by atoms with Crippen molar-refractivity contribution in [3.05, 3.63) is 11.6 Å². The average molecular weight is 363 g/mol. The highest BCUT2D eigenvalue weighted by atomic mass is 16.4. The topological polar surface area (TPSA) is 93.3 Å². The van der Waals surface area contributed by atoms with Crippen LogP contribution in [0.3, 0.4) is 0 Å². The number of aliphatic hydroxyl groups excluding tert-OH is 2. The van der Waals surface area contributed by atoms with E-state index in [0.29, 0.717) is 18.6 Å². The molecule has 0 aromatic heterocycles. The smallest absolute Gasteiger partial charge is 0.0766 e. The third-order valence-electron chi connectivity index (χ3n) is 9.02. The van der Waals surface area contributed by atoms with Crippen LogP contribution in [0, 0.1) is 28.6 Å². The number of hydrogen-bond acceptors (Lipinski definition) is 5. The Hall–Kier alpha value is -0.910. The highest BCUT2D eigenvalue weighted by molar-refractivity contribution is 5.85. The lowest BCUT2D eigenvalue weighted by molar-refractivity contribution is -0.219. The van der Waals surface area contributed by atoms with Crippen molar-refractivity contribution in [1.82, 2.24) is 0 Å². The second-order valence-corrected chi connectivity index (χ2v) is 9.78. The van der Waals surface area contributed by atoms with Crippen LogP contribution in [0.1, 0.15) is 65.7 Å². The minimum Gasteiger partial charge on any atom is -0.411 e. The van der Waals surface area contributed by atoms with E-state index in [9.17, 15) is 20.5 Å². The molecule has 4 aliphatic carbocycles. The van der Waals surface area contributed by atoms with E-state index in [2.05, 4.69) is 18.2 Å². The van der Waals surface area contributed by atoms with Gasteiger partial charge >= 0.3 is 0 Å². The fourth-order valence-corrected chi connectivity index (χ4v) is 7.32. The van der Waals surface area contributed by atoms with Crippen molar-refractivity contribution in [1.29, 1.82) is 0 Å². The molecule has 0 aliphatic heterocycles. The fourth-order valence-electron chi connectivity index (χ4n) is 7.32. The molecule has 0 amide bonds. The maximum absolute atomic E-state index is 11.9. The zero-order valence-corrected chi connectivity index (χ0v) is 16.1. The highest BCUT2D eigenvalue weighted by Gasteiger charge is 2.69. The number of allylic oxidation sites excluding steroid dienone is 1. The molecule has 0 unspecified atom stereocenters. The molecule has 5 nitrogen and oxygen atoms in total. The van der Waals surface area contributed by atoms with Gasteiger partial charge in [0.25, 0.3) is 0 Å². The molecule has 3 fully saturated rings. The molecule has 146 valence electrons. The minimum absolute atomic E-state index is 0.0433. The molecule has 0 bridgehead atoms. The number of fused-ring (bicyclic) bond motifs is 5. The molecular weight excluding hydrogens is 330 g/mol. The van der Waals surface area contributed by atoms with Crippen LogP contribution in [-0.2, 0) is 0 Å². The molecule has 8 atom stereocenters. The van der Waals surface area contributed by atoms with Gasteiger partial charge in [-0.25, -0.2) is 0 Å². The van der Waals surface area contributed by atoms with Crippen molar-refractivity contribution < 1.29 is 20.5 Å². The third kappa shape index (κ3) is 2.11. The van der Waals surface area contributed by atoms with Gasteiger partial charge in [0.2, 0.25) is 0 Å². The fraction of sp³-hybridized carbons (Fsp3) is 0.857. The van der Waals surface area contributed by atoms with Crippen LogP contribution >= 0.6 is 0 Å². The Morgan fingerprint density at radius 2 is 1.88 bits per heavy atom. The molecule has 0 spiro atoms. The van der Waals surface area contributed by atoms with Crippen molar-refractivity contribution in [3.63, 3.8) is 0 Å². The van der Waals surface area contributed by atoms with Crippen molar-refractivity contribution in [2.75, 3.05) is 0 Å². The summed E-state index contributed by atoms with van der Waals surface area (Å²) in [5, 5.41) is 46.0. The average Bonchev–Trinajstić information content (AvgIpc) is 2.89. The lowest BCUT2D eigenvalue weighted by Gasteiger charge is -2.62. The molecule has 4 N–H and O–H groups in total. The first-order valence-electron chi connectivity index (χ1n) is 10.1. The summed E-state index contributed by atoms with van der Waals surface area (Å²) in [4.78, 5) is 0. The van der Waals surface area contributed by atoms with Gasteiger partial charge in [-0.1, -0.05) is 30.7 Å². The van der Waals surface area contributed by atoms with Gasteiger partial charge in [0.1, 0.15) is 0 Å². The predicted octanol–water partition coefficient (Wildman–Crippen LogP) is 2.86. The molecular formula is C21H33NO4. The van der Waals surface area contributed by atoms with E-state index in [1.54, 1.807) is 6.92 Å². The Labute approximate surface area is 155 Å². The van der Waals surface area contributed by atoms with Gasteiger partial charge in [-0.15, -0.1) is 0 Å². The van der Waals surface area contributed by atoms with Crippen LogP contribution in [0.2, 0.25) is 0 Å². The highest BCUT2D eigenvalue weighted by Crippen LogP contribution is 2.68. The maximum atomic E-state index is 11.9.